The van der Waals surface area contributed by atoms with Crippen LogP contribution in [0.1, 0.15) is 63.1 Å². The molecule has 0 fully saturated rings. The lowest BCUT2D eigenvalue weighted by atomic mass is 9.97. The van der Waals surface area contributed by atoms with Gasteiger partial charge in [-0.15, -0.1) is 0 Å². The summed E-state index contributed by atoms with van der Waals surface area (Å²) in [5.41, 5.74) is 3.05. The second-order valence-electron chi connectivity index (χ2n) is 5.92. The molecule has 2 nitrogen and oxygen atoms in total. The summed E-state index contributed by atoms with van der Waals surface area (Å²) in [5, 5.41) is 3.57. The summed E-state index contributed by atoms with van der Waals surface area (Å²) < 4.78 is 0. The lowest BCUT2D eigenvalue weighted by Crippen LogP contribution is -2.32. The molecule has 0 aliphatic carbocycles. The van der Waals surface area contributed by atoms with E-state index in [0.717, 1.165) is 13.1 Å². The Kier molecular flexibility index (Phi) is 6.55. The van der Waals surface area contributed by atoms with Crippen LogP contribution < -0.4 is 5.32 Å². The second kappa shape index (κ2) is 8.43. The molecule has 1 aliphatic rings. The van der Waals surface area contributed by atoms with Crippen molar-refractivity contribution in [2.24, 2.45) is 0 Å². The fourth-order valence-corrected chi connectivity index (χ4v) is 3.16. The number of hydrogen-bond donors (Lipinski definition) is 1. The number of hydrogen-bond acceptors (Lipinski definition) is 2. The maximum absolute atomic E-state index is 3.57. The fourth-order valence-electron chi connectivity index (χ4n) is 3.16. The van der Waals surface area contributed by atoms with Gasteiger partial charge in [0.15, 0.2) is 0 Å². The molecule has 1 atom stereocenters. The Morgan fingerprint density at radius 3 is 2.50 bits per heavy atom. The van der Waals surface area contributed by atoms with Crippen molar-refractivity contribution in [2.75, 3.05) is 19.6 Å². The minimum absolute atomic E-state index is 0.610. The number of unbranched alkanes of at least 4 members (excludes halogenated alkanes) is 2. The molecule has 1 aromatic rings. The normalized spacial score (nSPS) is 18.9. The Labute approximate surface area is 124 Å². The van der Waals surface area contributed by atoms with Crippen LogP contribution >= 0.6 is 0 Å². The summed E-state index contributed by atoms with van der Waals surface area (Å²) in [6.07, 6.45) is 6.44. The molecule has 1 aliphatic heterocycles. The molecule has 20 heavy (non-hydrogen) atoms. The first-order valence-electron chi connectivity index (χ1n) is 8.39. The van der Waals surface area contributed by atoms with Gasteiger partial charge in [0.1, 0.15) is 0 Å². The van der Waals surface area contributed by atoms with Crippen molar-refractivity contribution in [3.05, 3.63) is 35.4 Å². The Hall–Kier alpha value is -0.860. The molecule has 0 radical (unpaired) electrons. The fraction of sp³-hybridized carbons (Fsp3) is 0.667. The summed E-state index contributed by atoms with van der Waals surface area (Å²) in [6, 6.07) is 9.62. The van der Waals surface area contributed by atoms with Crippen LogP contribution in [0.3, 0.4) is 0 Å². The van der Waals surface area contributed by atoms with Crippen LogP contribution in [-0.2, 0) is 6.54 Å². The van der Waals surface area contributed by atoms with Gasteiger partial charge in [-0.2, -0.15) is 0 Å². The van der Waals surface area contributed by atoms with Gasteiger partial charge in [0, 0.05) is 12.6 Å². The highest BCUT2D eigenvalue weighted by Gasteiger charge is 2.23. The third-order valence-corrected chi connectivity index (χ3v) is 4.36. The van der Waals surface area contributed by atoms with Crippen molar-refractivity contribution in [3.63, 3.8) is 0 Å². The highest BCUT2D eigenvalue weighted by Crippen LogP contribution is 2.29. The minimum Gasteiger partial charge on any atom is -0.313 e. The van der Waals surface area contributed by atoms with Crippen LogP contribution in [0.25, 0.3) is 0 Å². The molecule has 1 N–H and O–H groups in total. The molecular weight excluding hydrogens is 244 g/mol. The van der Waals surface area contributed by atoms with Gasteiger partial charge in [-0.3, -0.25) is 4.90 Å². The van der Waals surface area contributed by atoms with Gasteiger partial charge in [-0.05, 0) is 50.0 Å². The third-order valence-electron chi connectivity index (χ3n) is 4.36. The number of rotatable bonds is 7. The first-order valence-corrected chi connectivity index (χ1v) is 8.39. The van der Waals surface area contributed by atoms with E-state index in [1.165, 1.54) is 50.8 Å². The lowest BCUT2D eigenvalue weighted by molar-refractivity contribution is 0.183. The van der Waals surface area contributed by atoms with Crippen LogP contribution in [0.15, 0.2) is 24.3 Å². The Morgan fingerprint density at radius 1 is 1.10 bits per heavy atom. The van der Waals surface area contributed by atoms with E-state index in [1.54, 1.807) is 5.56 Å². The number of benzene rings is 1. The van der Waals surface area contributed by atoms with Crippen LogP contribution in [0.2, 0.25) is 0 Å². The minimum atomic E-state index is 0.610. The molecule has 0 saturated carbocycles. The summed E-state index contributed by atoms with van der Waals surface area (Å²) in [6.45, 7) is 9.24. The largest absolute Gasteiger partial charge is 0.313 e. The first kappa shape index (κ1) is 15.5. The monoisotopic (exact) mass is 274 g/mol. The average Bonchev–Trinajstić information content (AvgIpc) is 2.70. The van der Waals surface area contributed by atoms with E-state index in [4.69, 9.17) is 0 Å². The standard InChI is InChI=1S/C18H30N2/c1-3-5-13-20(14-6-4-2)18-11-12-19-15-16-9-7-8-10-17(16)18/h7-10,18-19H,3-6,11-15H2,1-2H3. The van der Waals surface area contributed by atoms with Crippen molar-refractivity contribution in [1.82, 2.24) is 10.2 Å². The van der Waals surface area contributed by atoms with Crippen LogP contribution in [0.4, 0.5) is 0 Å². The third kappa shape index (κ3) is 4.07. The van der Waals surface area contributed by atoms with Gasteiger partial charge in [0.05, 0.1) is 0 Å². The Morgan fingerprint density at radius 2 is 1.80 bits per heavy atom. The molecule has 0 amide bonds. The summed E-state index contributed by atoms with van der Waals surface area (Å²) >= 11 is 0. The zero-order chi connectivity index (χ0) is 14.2. The van der Waals surface area contributed by atoms with Gasteiger partial charge in [-0.25, -0.2) is 0 Å². The molecule has 112 valence electrons. The van der Waals surface area contributed by atoms with Gasteiger partial charge in [-0.1, -0.05) is 51.0 Å². The smallest absolute Gasteiger partial charge is 0.0363 e. The molecule has 2 rings (SSSR count). The maximum Gasteiger partial charge on any atom is 0.0363 e. The molecule has 0 bridgehead atoms. The Bertz CT molecular complexity index is 381. The Balaban J connectivity index is 2.17. The molecule has 1 aromatic carbocycles. The number of fused-ring (bicyclic) bond motifs is 1. The average molecular weight is 274 g/mol. The molecular formula is C18H30N2. The zero-order valence-corrected chi connectivity index (χ0v) is 13.2. The van der Waals surface area contributed by atoms with E-state index in [0.29, 0.717) is 6.04 Å². The van der Waals surface area contributed by atoms with Gasteiger partial charge in [0.2, 0.25) is 0 Å². The van der Waals surface area contributed by atoms with Crippen LogP contribution in [0.5, 0.6) is 0 Å². The van der Waals surface area contributed by atoms with Crippen molar-refractivity contribution in [3.8, 4) is 0 Å². The summed E-state index contributed by atoms with van der Waals surface area (Å²) in [5.74, 6) is 0. The van der Waals surface area contributed by atoms with Gasteiger partial charge >= 0.3 is 0 Å². The van der Waals surface area contributed by atoms with E-state index in [1.807, 2.05) is 0 Å². The van der Waals surface area contributed by atoms with Crippen molar-refractivity contribution < 1.29 is 0 Å². The van der Waals surface area contributed by atoms with E-state index >= 15 is 0 Å². The number of nitrogens with one attached hydrogen (secondary N) is 1. The lowest BCUT2D eigenvalue weighted by Gasteiger charge is -2.32. The summed E-state index contributed by atoms with van der Waals surface area (Å²) in [4.78, 5) is 2.73. The molecule has 2 heteroatoms. The van der Waals surface area contributed by atoms with E-state index in [2.05, 4.69) is 48.3 Å². The predicted molar refractivity (Wildman–Crippen MR) is 86.9 cm³/mol. The maximum atomic E-state index is 3.57. The second-order valence-corrected chi connectivity index (χ2v) is 5.92. The highest BCUT2D eigenvalue weighted by atomic mass is 15.2. The SMILES string of the molecule is CCCCN(CCCC)C1CCNCc2ccccc21. The van der Waals surface area contributed by atoms with Crippen LogP contribution in [0, 0.1) is 0 Å². The van der Waals surface area contributed by atoms with Crippen molar-refractivity contribution in [1.29, 1.82) is 0 Å². The zero-order valence-electron chi connectivity index (χ0n) is 13.2. The van der Waals surface area contributed by atoms with Crippen molar-refractivity contribution >= 4 is 0 Å². The van der Waals surface area contributed by atoms with Crippen LogP contribution in [-0.4, -0.2) is 24.5 Å². The molecule has 0 aromatic heterocycles. The van der Waals surface area contributed by atoms with Gasteiger partial charge < -0.3 is 5.32 Å². The predicted octanol–water partition coefficient (Wildman–Crippen LogP) is 4.12. The van der Waals surface area contributed by atoms with Crippen molar-refractivity contribution in [2.45, 2.75) is 58.5 Å². The van der Waals surface area contributed by atoms with E-state index in [-0.39, 0.29) is 0 Å². The molecule has 0 saturated heterocycles. The topological polar surface area (TPSA) is 15.3 Å². The molecule has 1 unspecified atom stereocenters. The van der Waals surface area contributed by atoms with Gasteiger partial charge in [0.25, 0.3) is 0 Å². The van der Waals surface area contributed by atoms with E-state index < -0.39 is 0 Å². The molecule has 1 heterocycles. The first-order chi connectivity index (χ1) is 9.86. The molecule has 0 spiro atoms. The highest BCUT2D eigenvalue weighted by molar-refractivity contribution is 5.31. The summed E-state index contributed by atoms with van der Waals surface area (Å²) in [7, 11) is 0. The quantitative estimate of drug-likeness (QED) is 0.804. The number of nitrogens with zero attached hydrogens (tertiary/aromatic N) is 1. The van der Waals surface area contributed by atoms with E-state index in [9.17, 15) is 0 Å².